The van der Waals surface area contributed by atoms with Crippen molar-refractivity contribution in [3.8, 4) is 28.5 Å². The van der Waals surface area contributed by atoms with Crippen LogP contribution in [0.5, 0.6) is 17.2 Å². The molecular formula is C29H21F6N3O7. The van der Waals surface area contributed by atoms with E-state index in [4.69, 9.17) is 9.26 Å². The van der Waals surface area contributed by atoms with E-state index in [-0.39, 0.29) is 22.8 Å². The number of alkyl halides is 5. The van der Waals surface area contributed by atoms with Crippen molar-refractivity contribution in [2.75, 3.05) is 17.7 Å². The molecule has 0 atom stereocenters. The molecule has 0 bridgehead atoms. The van der Waals surface area contributed by atoms with Crippen LogP contribution in [0.1, 0.15) is 45.9 Å². The zero-order valence-electron chi connectivity index (χ0n) is 23.3. The second kappa shape index (κ2) is 11.0. The minimum Gasteiger partial charge on any atom is -0.496 e. The second-order valence-corrected chi connectivity index (χ2v) is 10.2. The maximum absolute atomic E-state index is 13.8. The third-order valence-corrected chi connectivity index (χ3v) is 6.42. The Morgan fingerprint density at radius 3 is 2.20 bits per heavy atom. The lowest BCUT2D eigenvalue weighted by Crippen LogP contribution is -2.25. The smallest absolute Gasteiger partial charge is 0.496 e. The zero-order chi connectivity index (χ0) is 32.9. The van der Waals surface area contributed by atoms with Crippen LogP contribution in [0.3, 0.4) is 0 Å². The number of methoxy groups -OCH3 is 1. The van der Waals surface area contributed by atoms with Crippen molar-refractivity contribution in [3.05, 3.63) is 82.9 Å². The lowest BCUT2D eigenvalue weighted by atomic mass is 10.0. The molecule has 0 fully saturated rings. The van der Waals surface area contributed by atoms with Gasteiger partial charge in [-0.3, -0.25) is 9.59 Å². The number of anilines is 2. The van der Waals surface area contributed by atoms with Gasteiger partial charge < -0.3 is 34.5 Å². The molecule has 3 N–H and O–H groups in total. The maximum atomic E-state index is 13.8. The highest BCUT2D eigenvalue weighted by Crippen LogP contribution is 2.44. The van der Waals surface area contributed by atoms with Crippen molar-refractivity contribution < 1.29 is 59.8 Å². The van der Waals surface area contributed by atoms with Gasteiger partial charge >= 0.3 is 12.5 Å². The number of benzene rings is 3. The van der Waals surface area contributed by atoms with Crippen LogP contribution in [0.15, 0.2) is 59.1 Å². The number of carbonyl (C=O) groups is 2. The summed E-state index contributed by atoms with van der Waals surface area (Å²) < 4.78 is 100. The van der Waals surface area contributed by atoms with Crippen LogP contribution in [-0.4, -0.2) is 35.5 Å². The third-order valence-electron chi connectivity index (χ3n) is 6.42. The van der Waals surface area contributed by atoms with E-state index in [1.807, 2.05) is 0 Å². The van der Waals surface area contributed by atoms with E-state index in [0.717, 1.165) is 18.2 Å². The number of hydrogen-bond donors (Lipinski definition) is 3. The standard InChI is InChI=1S/C29H21F6N3O7/c1-27(2,41)24-12-19(38-45-24)13-4-7-21(42-3)16(8-13)26(40)37-20-11-23-22(43-29(34,35)44-23)10-15(20)25(39)36-14-5-6-18(30)17(9-14)28(31,32)33/h4-12,41H,1-3H3,(H,36,39)(H,37,40). The van der Waals surface area contributed by atoms with Crippen LogP contribution < -0.4 is 24.8 Å². The SMILES string of the molecule is COc1ccc(-c2cc(C(C)(C)O)on2)cc1C(=O)Nc1cc2c(cc1C(=O)Nc1ccc(F)c(C(F)(F)F)c1)OC(F)(F)O2. The highest BCUT2D eigenvalue weighted by molar-refractivity contribution is 6.14. The number of nitrogens with zero attached hydrogens (tertiary/aromatic N) is 1. The molecule has 2 amide bonds. The van der Waals surface area contributed by atoms with Crippen molar-refractivity contribution >= 4 is 23.2 Å². The summed E-state index contributed by atoms with van der Waals surface area (Å²) >= 11 is 0. The molecule has 2 heterocycles. The average Bonchev–Trinajstić information content (AvgIpc) is 3.56. The molecule has 0 saturated heterocycles. The van der Waals surface area contributed by atoms with Gasteiger partial charge in [0.15, 0.2) is 17.3 Å². The number of aliphatic hydroxyl groups is 1. The van der Waals surface area contributed by atoms with Gasteiger partial charge in [0.25, 0.3) is 11.8 Å². The van der Waals surface area contributed by atoms with Crippen LogP contribution in [0, 0.1) is 5.82 Å². The third kappa shape index (κ3) is 6.50. The number of amides is 2. The Balaban J connectivity index is 1.50. The molecule has 5 rings (SSSR count). The van der Waals surface area contributed by atoms with E-state index >= 15 is 0 Å². The first-order valence-electron chi connectivity index (χ1n) is 12.8. The summed E-state index contributed by atoms with van der Waals surface area (Å²) in [5, 5.41) is 18.6. The molecular weight excluding hydrogens is 616 g/mol. The molecule has 0 spiro atoms. The first-order valence-corrected chi connectivity index (χ1v) is 12.8. The number of halogens is 6. The molecule has 1 aromatic heterocycles. The Morgan fingerprint density at radius 2 is 1.58 bits per heavy atom. The molecule has 1 aliphatic rings. The summed E-state index contributed by atoms with van der Waals surface area (Å²) in [6, 6.07) is 9.09. The summed E-state index contributed by atoms with van der Waals surface area (Å²) in [5.74, 6) is -4.66. The zero-order valence-corrected chi connectivity index (χ0v) is 23.3. The van der Waals surface area contributed by atoms with Crippen LogP contribution in [0.4, 0.5) is 37.7 Å². The number of rotatable bonds is 7. The average molecular weight is 637 g/mol. The Labute approximate surface area is 249 Å². The fraction of sp³-hybridized carbons (Fsp3) is 0.207. The predicted molar refractivity (Wildman–Crippen MR) is 144 cm³/mol. The van der Waals surface area contributed by atoms with Gasteiger partial charge in [-0.1, -0.05) is 5.16 Å². The van der Waals surface area contributed by atoms with Gasteiger partial charge in [-0.2, -0.15) is 13.2 Å². The van der Waals surface area contributed by atoms with E-state index in [9.17, 15) is 41.0 Å². The van der Waals surface area contributed by atoms with Crippen LogP contribution in [0.25, 0.3) is 11.3 Å². The van der Waals surface area contributed by atoms with Gasteiger partial charge in [0.2, 0.25) is 0 Å². The van der Waals surface area contributed by atoms with Crippen molar-refractivity contribution in [1.82, 2.24) is 5.16 Å². The summed E-state index contributed by atoms with van der Waals surface area (Å²) in [7, 11) is 1.27. The molecule has 236 valence electrons. The van der Waals surface area contributed by atoms with Crippen molar-refractivity contribution in [2.24, 2.45) is 0 Å². The van der Waals surface area contributed by atoms with E-state index in [1.54, 1.807) is 6.07 Å². The number of ether oxygens (including phenoxy) is 3. The molecule has 16 heteroatoms. The number of aromatic nitrogens is 1. The first-order chi connectivity index (χ1) is 20.9. The van der Waals surface area contributed by atoms with Gasteiger partial charge in [0.05, 0.1) is 29.5 Å². The van der Waals surface area contributed by atoms with Crippen molar-refractivity contribution in [3.63, 3.8) is 0 Å². The lowest BCUT2D eigenvalue weighted by Gasteiger charge is -2.15. The summed E-state index contributed by atoms with van der Waals surface area (Å²) in [6.07, 6.45) is -9.20. The van der Waals surface area contributed by atoms with Crippen LogP contribution in [-0.2, 0) is 11.8 Å². The van der Waals surface area contributed by atoms with Gasteiger partial charge in [0.1, 0.15) is 22.9 Å². The topological polar surface area (TPSA) is 132 Å². The van der Waals surface area contributed by atoms with E-state index in [1.165, 1.54) is 39.2 Å². The van der Waals surface area contributed by atoms with E-state index < -0.39 is 69.7 Å². The number of carbonyl (C=O) groups excluding carboxylic acids is 2. The normalized spacial score (nSPS) is 13.8. The van der Waals surface area contributed by atoms with Gasteiger partial charge in [0, 0.05) is 23.4 Å². The highest BCUT2D eigenvalue weighted by atomic mass is 19.4. The quantitative estimate of drug-likeness (QED) is 0.194. The van der Waals surface area contributed by atoms with Crippen LogP contribution in [0.2, 0.25) is 0 Å². The van der Waals surface area contributed by atoms with Crippen molar-refractivity contribution in [1.29, 1.82) is 0 Å². The summed E-state index contributed by atoms with van der Waals surface area (Å²) in [5.41, 5.74) is -3.96. The first kappa shape index (κ1) is 31.2. The number of hydrogen-bond acceptors (Lipinski definition) is 8. The molecule has 0 unspecified atom stereocenters. The molecule has 0 aliphatic carbocycles. The molecule has 0 saturated carbocycles. The maximum Gasteiger partial charge on any atom is 0.586 e. The molecule has 10 nitrogen and oxygen atoms in total. The Hall–Kier alpha value is -5.25. The highest BCUT2D eigenvalue weighted by Gasteiger charge is 2.44. The molecule has 45 heavy (non-hydrogen) atoms. The predicted octanol–water partition coefficient (Wildman–Crippen LogP) is 6.56. The fourth-order valence-electron chi connectivity index (χ4n) is 4.24. The van der Waals surface area contributed by atoms with Gasteiger partial charge in [-0.05, 0) is 56.3 Å². The van der Waals surface area contributed by atoms with Gasteiger partial charge in [-0.15, -0.1) is 8.78 Å². The minimum absolute atomic E-state index is 0.0479. The number of fused-ring (bicyclic) bond motifs is 1. The molecule has 0 radical (unpaired) electrons. The summed E-state index contributed by atoms with van der Waals surface area (Å²) in [4.78, 5) is 26.7. The van der Waals surface area contributed by atoms with Gasteiger partial charge in [-0.25, -0.2) is 4.39 Å². The van der Waals surface area contributed by atoms with E-state index in [0.29, 0.717) is 17.7 Å². The number of nitrogens with one attached hydrogen (secondary N) is 2. The van der Waals surface area contributed by atoms with Crippen molar-refractivity contribution in [2.45, 2.75) is 31.9 Å². The molecule has 4 aromatic rings. The Bertz CT molecular complexity index is 1820. The Kier molecular flexibility index (Phi) is 7.64. The lowest BCUT2D eigenvalue weighted by molar-refractivity contribution is -0.286. The Morgan fingerprint density at radius 1 is 0.911 bits per heavy atom. The second-order valence-electron chi connectivity index (χ2n) is 10.2. The monoisotopic (exact) mass is 637 g/mol. The fourth-order valence-corrected chi connectivity index (χ4v) is 4.24. The molecule has 3 aromatic carbocycles. The molecule has 1 aliphatic heterocycles. The van der Waals surface area contributed by atoms with Crippen LogP contribution >= 0.6 is 0 Å². The summed E-state index contributed by atoms with van der Waals surface area (Å²) in [6.45, 7) is 2.95. The minimum atomic E-state index is -5.08. The van der Waals surface area contributed by atoms with E-state index in [2.05, 4.69) is 25.3 Å². The largest absolute Gasteiger partial charge is 0.586 e.